The van der Waals surface area contributed by atoms with Crippen molar-refractivity contribution in [2.75, 3.05) is 34.2 Å². The molecule has 0 bridgehead atoms. The Hall–Kier alpha value is -1.99. The van der Waals surface area contributed by atoms with Crippen LogP contribution in [0.2, 0.25) is 0 Å². The van der Waals surface area contributed by atoms with Gasteiger partial charge in [-0.2, -0.15) is 5.10 Å². The van der Waals surface area contributed by atoms with Crippen LogP contribution in [0.1, 0.15) is 24.8 Å². The lowest BCUT2D eigenvalue weighted by Gasteiger charge is -2.23. The largest absolute Gasteiger partial charge is 0.370 e. The van der Waals surface area contributed by atoms with Gasteiger partial charge in [-0.3, -0.25) is 10.0 Å². The molecule has 0 saturated carbocycles. The van der Waals surface area contributed by atoms with E-state index < -0.39 is 0 Å². The normalized spacial score (nSPS) is 18.7. The number of nitrogens with zero attached hydrogens (tertiary/aromatic N) is 4. The molecule has 0 radical (unpaired) electrons. The zero-order valence-corrected chi connectivity index (χ0v) is 18.4. The summed E-state index contributed by atoms with van der Waals surface area (Å²) in [5.74, 6) is 0.445. The van der Waals surface area contributed by atoms with Gasteiger partial charge < -0.3 is 10.2 Å². The molecule has 1 aromatic carbocycles. The summed E-state index contributed by atoms with van der Waals surface area (Å²) >= 11 is 3.28. The zero-order valence-electron chi connectivity index (χ0n) is 16.8. The molecule has 7 heteroatoms. The van der Waals surface area contributed by atoms with Crippen molar-refractivity contribution in [2.45, 2.75) is 25.3 Å². The fourth-order valence-corrected chi connectivity index (χ4v) is 3.33. The minimum absolute atomic E-state index is 0.300. The van der Waals surface area contributed by atoms with Crippen LogP contribution < -0.4 is 5.32 Å². The molecule has 5 nitrogen and oxygen atoms in total. The van der Waals surface area contributed by atoms with Crippen molar-refractivity contribution in [1.82, 2.24) is 15.2 Å². The van der Waals surface area contributed by atoms with Crippen LogP contribution in [0.3, 0.4) is 0 Å². The number of aliphatic imine (C=N–C) groups is 1. The van der Waals surface area contributed by atoms with Crippen LogP contribution in [-0.2, 0) is 0 Å². The summed E-state index contributed by atoms with van der Waals surface area (Å²) in [4.78, 5) is 6.68. The predicted molar refractivity (Wildman–Crippen MR) is 120 cm³/mol. The van der Waals surface area contributed by atoms with Gasteiger partial charge in [-0.05, 0) is 60.9 Å². The van der Waals surface area contributed by atoms with E-state index in [0.717, 1.165) is 25.3 Å². The number of allylic oxidation sites excluding steroid dienone is 2. The van der Waals surface area contributed by atoms with Crippen molar-refractivity contribution in [3.05, 3.63) is 58.6 Å². The van der Waals surface area contributed by atoms with E-state index in [0.29, 0.717) is 21.8 Å². The molecule has 2 rings (SSSR count). The molecular weight excluding hydrogens is 421 g/mol. The van der Waals surface area contributed by atoms with Crippen molar-refractivity contribution in [2.24, 2.45) is 10.1 Å². The molecule has 1 aliphatic heterocycles. The highest BCUT2D eigenvalue weighted by atomic mass is 79.9. The van der Waals surface area contributed by atoms with Crippen LogP contribution in [0.25, 0.3) is 0 Å². The van der Waals surface area contributed by atoms with Gasteiger partial charge in [0.15, 0.2) is 0 Å². The van der Waals surface area contributed by atoms with Gasteiger partial charge in [-0.15, -0.1) is 0 Å². The van der Waals surface area contributed by atoms with E-state index in [9.17, 15) is 4.39 Å². The lowest BCUT2D eigenvalue weighted by atomic mass is 10.1. The number of nitrogens with one attached hydrogen (secondary N) is 1. The lowest BCUT2D eigenvalue weighted by molar-refractivity contribution is 0.291. The summed E-state index contributed by atoms with van der Waals surface area (Å²) in [7, 11) is 5.67. The molecule has 1 unspecified atom stereocenters. The maximum absolute atomic E-state index is 14.2. The van der Waals surface area contributed by atoms with E-state index in [1.165, 1.54) is 18.9 Å². The Bertz CT molecular complexity index is 759. The Balaban J connectivity index is 2.19. The highest BCUT2D eigenvalue weighted by molar-refractivity contribution is 9.12. The summed E-state index contributed by atoms with van der Waals surface area (Å²) in [6, 6.07) is 7.23. The maximum Gasteiger partial charge on any atom is 0.132 e. The Morgan fingerprint density at radius 1 is 1.46 bits per heavy atom. The molecule has 28 heavy (non-hydrogen) atoms. The molecule has 152 valence electrons. The van der Waals surface area contributed by atoms with Crippen LogP contribution in [0.4, 0.5) is 4.39 Å². The number of rotatable bonds is 9. The van der Waals surface area contributed by atoms with Crippen molar-refractivity contribution in [3.8, 4) is 0 Å². The van der Waals surface area contributed by atoms with E-state index in [4.69, 9.17) is 0 Å². The van der Waals surface area contributed by atoms with Gasteiger partial charge in [-0.1, -0.05) is 18.7 Å². The third-order valence-electron chi connectivity index (χ3n) is 4.84. The van der Waals surface area contributed by atoms with Gasteiger partial charge in [0.05, 0.1) is 11.9 Å². The second kappa shape index (κ2) is 11.1. The Morgan fingerprint density at radius 2 is 2.21 bits per heavy atom. The lowest BCUT2D eigenvalue weighted by Crippen LogP contribution is -2.32. The molecule has 0 aromatic heterocycles. The van der Waals surface area contributed by atoms with Crippen LogP contribution >= 0.6 is 15.9 Å². The van der Waals surface area contributed by atoms with Crippen LogP contribution in [0.15, 0.2) is 57.3 Å². The summed E-state index contributed by atoms with van der Waals surface area (Å²) in [6.07, 6.45) is 6.96. The van der Waals surface area contributed by atoms with E-state index in [-0.39, 0.29) is 5.82 Å². The minimum Gasteiger partial charge on any atom is -0.370 e. The van der Waals surface area contributed by atoms with Crippen molar-refractivity contribution < 1.29 is 4.39 Å². The maximum atomic E-state index is 14.2. The van der Waals surface area contributed by atoms with E-state index >= 15 is 0 Å². The third-order valence-corrected chi connectivity index (χ3v) is 5.04. The van der Waals surface area contributed by atoms with E-state index in [1.807, 2.05) is 13.1 Å². The van der Waals surface area contributed by atoms with Gasteiger partial charge in [0.2, 0.25) is 0 Å². The summed E-state index contributed by atoms with van der Waals surface area (Å²) in [6.45, 7) is 5.72. The van der Waals surface area contributed by atoms with Crippen molar-refractivity contribution in [1.29, 1.82) is 0 Å². The molecule has 1 N–H and O–H groups in total. The van der Waals surface area contributed by atoms with Crippen molar-refractivity contribution in [3.63, 3.8) is 0 Å². The van der Waals surface area contributed by atoms with Crippen molar-refractivity contribution >= 4 is 27.9 Å². The second-order valence-electron chi connectivity index (χ2n) is 6.83. The Kier molecular flexibility index (Phi) is 8.86. The van der Waals surface area contributed by atoms with Crippen LogP contribution in [0.5, 0.6) is 0 Å². The number of halogens is 2. The average Bonchev–Trinajstić information content (AvgIpc) is 3.08. The monoisotopic (exact) mass is 449 g/mol. The quantitative estimate of drug-likeness (QED) is 0.457. The molecule has 1 aromatic rings. The van der Waals surface area contributed by atoms with Gasteiger partial charge in [0.1, 0.15) is 11.6 Å². The third kappa shape index (κ3) is 6.56. The van der Waals surface area contributed by atoms with E-state index in [1.54, 1.807) is 36.5 Å². The van der Waals surface area contributed by atoms with Gasteiger partial charge in [0.25, 0.3) is 0 Å². The first-order valence-electron chi connectivity index (χ1n) is 9.42. The molecule has 0 aliphatic carbocycles. The average molecular weight is 450 g/mol. The zero-order chi connectivity index (χ0) is 20.5. The highest BCUT2D eigenvalue weighted by Gasteiger charge is 2.20. The summed E-state index contributed by atoms with van der Waals surface area (Å²) in [5.41, 5.74) is 1.01. The topological polar surface area (TPSA) is 43.2 Å². The molecule has 0 spiro atoms. The molecular formula is C21H29BrFN5. The SMILES string of the molecule is C=C(Br)/C=N\N(C)/C(=C\C(=N/C)c1ccccc1F)NCCC1CCCN1C. The predicted octanol–water partition coefficient (Wildman–Crippen LogP) is 3.99. The number of hydrogen-bond donors (Lipinski definition) is 1. The number of hydrogen-bond acceptors (Lipinski definition) is 5. The molecule has 1 atom stereocenters. The second-order valence-corrected chi connectivity index (χ2v) is 7.84. The minimum atomic E-state index is -0.300. The Morgan fingerprint density at radius 3 is 2.82 bits per heavy atom. The van der Waals surface area contributed by atoms with E-state index in [2.05, 4.69) is 49.9 Å². The highest BCUT2D eigenvalue weighted by Crippen LogP contribution is 2.17. The molecule has 0 amide bonds. The number of benzene rings is 1. The number of likely N-dealkylation sites (tertiary alicyclic amines) is 1. The van der Waals surface area contributed by atoms with Gasteiger partial charge in [0, 0.05) is 42.8 Å². The molecule has 1 saturated heterocycles. The van der Waals surface area contributed by atoms with Crippen LogP contribution in [0, 0.1) is 5.82 Å². The standard InChI is InChI=1S/C21H29BrFN5/c1-16(22)15-26-28(4)21(25-12-11-17-8-7-13-27(17)3)14-20(24-2)18-9-5-6-10-19(18)23/h5-6,9-10,14-15,17,25H,1,7-8,11-13H2,2-4H3/b21-14-,24-20+,26-15-. The first-order chi connectivity index (χ1) is 13.4. The first-order valence-corrected chi connectivity index (χ1v) is 10.2. The molecule has 1 fully saturated rings. The fraction of sp³-hybridized carbons (Fsp3) is 0.429. The van der Waals surface area contributed by atoms with Crippen LogP contribution in [-0.4, -0.2) is 62.1 Å². The summed E-state index contributed by atoms with van der Waals surface area (Å²) in [5, 5.41) is 9.51. The van der Waals surface area contributed by atoms with Gasteiger partial charge in [-0.25, -0.2) is 4.39 Å². The molecule has 1 heterocycles. The Labute approximate surface area is 175 Å². The molecule has 1 aliphatic rings. The summed E-state index contributed by atoms with van der Waals surface area (Å²) < 4.78 is 14.9. The first kappa shape index (κ1) is 22.3. The van der Waals surface area contributed by atoms with Gasteiger partial charge >= 0.3 is 0 Å². The smallest absolute Gasteiger partial charge is 0.132 e. The number of hydrazone groups is 1. The fourth-order valence-electron chi connectivity index (χ4n) is 3.24.